The van der Waals surface area contributed by atoms with Crippen LogP contribution in [0.25, 0.3) is 0 Å². The van der Waals surface area contributed by atoms with Crippen LogP contribution < -0.4 is 10.5 Å². The minimum atomic E-state index is -0.853. The fraction of sp³-hybridized carbons (Fsp3) is 0. The third kappa shape index (κ3) is 2.61. The largest absolute Gasteiger partial charge is 0.455 e. The van der Waals surface area contributed by atoms with Crippen LogP contribution in [0.4, 0.5) is 4.39 Å². The van der Waals surface area contributed by atoms with Crippen LogP contribution in [0.3, 0.4) is 0 Å². The first kappa shape index (κ1) is 12.8. The number of ether oxygens (including phenoxy) is 1. The minimum absolute atomic E-state index is 0.117. The number of hydrogen-bond donors (Lipinski definition) is 1. The summed E-state index contributed by atoms with van der Waals surface area (Å²) in [7, 11) is 0. The van der Waals surface area contributed by atoms with Gasteiger partial charge >= 0.3 is 0 Å². The van der Waals surface area contributed by atoms with Crippen LogP contribution in [-0.4, -0.2) is 5.91 Å². The van der Waals surface area contributed by atoms with E-state index in [0.29, 0.717) is 5.75 Å². The summed E-state index contributed by atoms with van der Waals surface area (Å²) in [5.41, 5.74) is 4.91. The zero-order valence-corrected chi connectivity index (χ0v) is 11.3. The standard InChI is InChI=1S/C13H9FINO2/c14-8-4-3-7-11(12(8)13(16)17)18-10-6-2-1-5-9(10)15/h1-7H,(H2,16,17). The molecule has 3 nitrogen and oxygen atoms in total. The molecule has 0 saturated carbocycles. The topological polar surface area (TPSA) is 52.3 Å². The Hall–Kier alpha value is -1.63. The van der Waals surface area contributed by atoms with Crippen molar-refractivity contribution in [1.29, 1.82) is 0 Å². The lowest BCUT2D eigenvalue weighted by Gasteiger charge is -2.10. The van der Waals surface area contributed by atoms with E-state index in [4.69, 9.17) is 10.5 Å². The Bertz CT molecular complexity index is 601. The zero-order chi connectivity index (χ0) is 13.1. The van der Waals surface area contributed by atoms with Crippen molar-refractivity contribution >= 4 is 28.5 Å². The predicted octanol–water partition coefficient (Wildman–Crippen LogP) is 3.32. The molecule has 0 saturated heterocycles. The van der Waals surface area contributed by atoms with Gasteiger partial charge in [-0.05, 0) is 46.9 Å². The molecule has 5 heteroatoms. The number of halogens is 2. The lowest BCUT2D eigenvalue weighted by atomic mass is 10.2. The molecule has 0 radical (unpaired) electrons. The van der Waals surface area contributed by atoms with E-state index >= 15 is 0 Å². The van der Waals surface area contributed by atoms with E-state index in [9.17, 15) is 9.18 Å². The number of rotatable bonds is 3. The van der Waals surface area contributed by atoms with Crippen LogP contribution in [0, 0.1) is 9.39 Å². The zero-order valence-electron chi connectivity index (χ0n) is 9.19. The van der Waals surface area contributed by atoms with Gasteiger partial charge in [-0.3, -0.25) is 4.79 Å². The second-order valence-corrected chi connectivity index (χ2v) is 4.67. The maximum atomic E-state index is 13.5. The predicted molar refractivity (Wildman–Crippen MR) is 74.2 cm³/mol. The Labute approximate surface area is 117 Å². The van der Waals surface area contributed by atoms with Crippen LogP contribution >= 0.6 is 22.6 Å². The molecule has 2 aromatic rings. The molecule has 0 fully saturated rings. The summed E-state index contributed by atoms with van der Waals surface area (Å²) in [4.78, 5) is 11.2. The molecule has 2 aromatic carbocycles. The number of primary amides is 1. The average molecular weight is 357 g/mol. The van der Waals surface area contributed by atoms with E-state index < -0.39 is 11.7 Å². The first-order valence-corrected chi connectivity index (χ1v) is 6.18. The van der Waals surface area contributed by atoms with E-state index in [1.54, 1.807) is 12.1 Å². The fourth-order valence-corrected chi connectivity index (χ4v) is 1.97. The van der Waals surface area contributed by atoms with Gasteiger partial charge in [0.2, 0.25) is 0 Å². The summed E-state index contributed by atoms with van der Waals surface area (Å²) in [6.45, 7) is 0. The molecule has 1 amide bonds. The molecular formula is C13H9FINO2. The van der Waals surface area contributed by atoms with Crippen molar-refractivity contribution in [2.45, 2.75) is 0 Å². The van der Waals surface area contributed by atoms with Gasteiger partial charge in [-0.1, -0.05) is 18.2 Å². The first-order valence-electron chi connectivity index (χ1n) is 5.10. The highest BCUT2D eigenvalue weighted by atomic mass is 127. The van der Waals surface area contributed by atoms with Gasteiger partial charge in [-0.15, -0.1) is 0 Å². The number of hydrogen-bond acceptors (Lipinski definition) is 2. The minimum Gasteiger partial charge on any atom is -0.455 e. The molecule has 0 atom stereocenters. The van der Waals surface area contributed by atoms with Crippen LogP contribution in [0.2, 0.25) is 0 Å². The van der Waals surface area contributed by atoms with E-state index in [1.807, 2.05) is 12.1 Å². The highest BCUT2D eigenvalue weighted by molar-refractivity contribution is 14.1. The van der Waals surface area contributed by atoms with Gasteiger partial charge in [-0.25, -0.2) is 4.39 Å². The highest BCUT2D eigenvalue weighted by Crippen LogP contribution is 2.29. The van der Waals surface area contributed by atoms with Gasteiger partial charge in [0.15, 0.2) is 0 Å². The van der Waals surface area contributed by atoms with Crippen molar-refractivity contribution in [1.82, 2.24) is 0 Å². The molecule has 92 valence electrons. The highest BCUT2D eigenvalue weighted by Gasteiger charge is 2.16. The van der Waals surface area contributed by atoms with E-state index in [0.717, 1.165) is 3.57 Å². The number of benzene rings is 2. The molecule has 0 spiro atoms. The molecule has 2 N–H and O–H groups in total. The van der Waals surface area contributed by atoms with Crippen molar-refractivity contribution < 1.29 is 13.9 Å². The third-order valence-electron chi connectivity index (χ3n) is 2.28. The normalized spacial score (nSPS) is 10.1. The van der Waals surface area contributed by atoms with Crippen molar-refractivity contribution in [2.24, 2.45) is 5.73 Å². The van der Waals surface area contributed by atoms with Gasteiger partial charge < -0.3 is 10.5 Å². The Morgan fingerprint density at radius 3 is 2.44 bits per heavy atom. The van der Waals surface area contributed by atoms with Crippen LogP contribution in [0.1, 0.15) is 10.4 Å². The Kier molecular flexibility index (Phi) is 3.81. The molecule has 2 rings (SSSR count). The maximum absolute atomic E-state index is 13.5. The number of carbonyl (C=O) groups is 1. The van der Waals surface area contributed by atoms with Gasteiger partial charge in [0.1, 0.15) is 22.9 Å². The van der Waals surface area contributed by atoms with Crippen molar-refractivity contribution in [2.75, 3.05) is 0 Å². The average Bonchev–Trinajstić information content (AvgIpc) is 2.31. The summed E-state index contributed by atoms with van der Waals surface area (Å²) in [6, 6.07) is 11.4. The molecule has 0 aliphatic carbocycles. The van der Waals surface area contributed by atoms with Gasteiger partial charge in [0, 0.05) is 0 Å². The molecule has 0 bridgehead atoms. The van der Waals surface area contributed by atoms with Gasteiger partial charge in [0.25, 0.3) is 5.91 Å². The molecular weight excluding hydrogens is 348 g/mol. The van der Waals surface area contributed by atoms with E-state index in [1.165, 1.54) is 18.2 Å². The smallest absolute Gasteiger partial charge is 0.255 e. The molecule has 0 unspecified atom stereocenters. The number of carbonyl (C=O) groups excluding carboxylic acids is 1. The van der Waals surface area contributed by atoms with Crippen molar-refractivity contribution in [3.8, 4) is 11.5 Å². The van der Waals surface area contributed by atoms with E-state index in [2.05, 4.69) is 22.6 Å². The SMILES string of the molecule is NC(=O)c1c(F)cccc1Oc1ccccc1I. The summed E-state index contributed by atoms with van der Waals surface area (Å²) < 4.78 is 19.9. The number of nitrogens with two attached hydrogens (primary N) is 1. The second kappa shape index (κ2) is 5.34. The van der Waals surface area contributed by atoms with Crippen LogP contribution in [0.15, 0.2) is 42.5 Å². The van der Waals surface area contributed by atoms with Crippen molar-refractivity contribution in [3.05, 3.63) is 57.4 Å². The van der Waals surface area contributed by atoms with Crippen molar-refractivity contribution in [3.63, 3.8) is 0 Å². The maximum Gasteiger partial charge on any atom is 0.255 e. The Morgan fingerprint density at radius 2 is 1.78 bits per heavy atom. The Balaban J connectivity index is 2.44. The lowest BCUT2D eigenvalue weighted by Crippen LogP contribution is -2.14. The molecule has 0 heterocycles. The monoisotopic (exact) mass is 357 g/mol. The summed E-state index contributed by atoms with van der Waals surface area (Å²) in [6.07, 6.45) is 0. The molecule has 0 aliphatic rings. The second-order valence-electron chi connectivity index (χ2n) is 3.51. The van der Waals surface area contributed by atoms with E-state index in [-0.39, 0.29) is 11.3 Å². The number of para-hydroxylation sites is 1. The summed E-state index contributed by atoms with van der Waals surface area (Å²) in [5.74, 6) is -0.877. The van der Waals surface area contributed by atoms with Crippen LogP contribution in [-0.2, 0) is 0 Å². The first-order chi connectivity index (χ1) is 8.59. The molecule has 0 aromatic heterocycles. The Morgan fingerprint density at radius 1 is 1.11 bits per heavy atom. The fourth-order valence-electron chi connectivity index (χ4n) is 1.47. The van der Waals surface area contributed by atoms with Crippen LogP contribution in [0.5, 0.6) is 11.5 Å². The van der Waals surface area contributed by atoms with Gasteiger partial charge in [-0.2, -0.15) is 0 Å². The molecule has 0 aliphatic heterocycles. The lowest BCUT2D eigenvalue weighted by molar-refractivity contribution is 0.0994. The summed E-state index contributed by atoms with van der Waals surface area (Å²) >= 11 is 2.09. The number of amides is 1. The summed E-state index contributed by atoms with van der Waals surface area (Å²) in [5, 5.41) is 0. The third-order valence-corrected chi connectivity index (χ3v) is 3.17. The molecule has 18 heavy (non-hydrogen) atoms. The van der Waals surface area contributed by atoms with Gasteiger partial charge in [0.05, 0.1) is 3.57 Å². The quantitative estimate of drug-likeness (QED) is 0.857.